The van der Waals surface area contributed by atoms with Gasteiger partial charge >= 0.3 is 0 Å². The largest absolute Gasteiger partial charge is 0.486 e. The Balaban J connectivity index is 2.23. The Morgan fingerprint density at radius 3 is 2.80 bits per heavy atom. The fourth-order valence-corrected chi connectivity index (χ4v) is 1.88. The van der Waals surface area contributed by atoms with E-state index in [0.29, 0.717) is 11.1 Å². The summed E-state index contributed by atoms with van der Waals surface area (Å²) in [4.78, 5) is 10.4. The molecule has 104 valence electrons. The van der Waals surface area contributed by atoms with Gasteiger partial charge in [-0.2, -0.15) is 0 Å². The van der Waals surface area contributed by atoms with E-state index < -0.39 is 10.7 Å². The summed E-state index contributed by atoms with van der Waals surface area (Å²) in [5, 5.41) is 11.2. The lowest BCUT2D eigenvalue weighted by Gasteiger charge is -2.09. The number of rotatable bonds is 4. The Morgan fingerprint density at radius 1 is 1.35 bits per heavy atom. The first-order valence-electron chi connectivity index (χ1n) is 5.80. The molecule has 0 saturated carbocycles. The summed E-state index contributed by atoms with van der Waals surface area (Å²) in [6, 6.07) is 9.02. The molecule has 0 aliphatic heterocycles. The molecule has 0 atom stereocenters. The smallest absolute Gasteiger partial charge is 0.277 e. The van der Waals surface area contributed by atoms with Crippen LogP contribution in [0, 0.1) is 22.9 Å². The summed E-state index contributed by atoms with van der Waals surface area (Å²) in [6.07, 6.45) is 0. The molecule has 2 aromatic carbocycles. The Hall–Kier alpha value is -2.14. The van der Waals surface area contributed by atoms with Crippen LogP contribution in [0.5, 0.6) is 5.75 Å². The van der Waals surface area contributed by atoms with Gasteiger partial charge in [0.05, 0.1) is 10.5 Å². The van der Waals surface area contributed by atoms with Gasteiger partial charge in [-0.3, -0.25) is 10.1 Å². The van der Waals surface area contributed by atoms with Crippen molar-refractivity contribution in [1.29, 1.82) is 0 Å². The lowest BCUT2D eigenvalue weighted by molar-refractivity contribution is -0.385. The van der Waals surface area contributed by atoms with Crippen molar-refractivity contribution in [3.63, 3.8) is 0 Å². The minimum atomic E-state index is -0.544. The molecule has 6 heteroatoms. The van der Waals surface area contributed by atoms with Crippen molar-refractivity contribution in [1.82, 2.24) is 0 Å². The molecule has 0 unspecified atom stereocenters. The predicted octanol–water partition coefficient (Wildman–Crippen LogP) is 4.27. The fraction of sp³-hybridized carbons (Fsp3) is 0.143. The van der Waals surface area contributed by atoms with Gasteiger partial charge in [0.25, 0.3) is 5.69 Å². The van der Waals surface area contributed by atoms with Crippen LogP contribution in [0.2, 0.25) is 5.02 Å². The molecule has 4 nitrogen and oxygen atoms in total. The van der Waals surface area contributed by atoms with Gasteiger partial charge in [-0.15, -0.1) is 0 Å². The highest BCUT2D eigenvalue weighted by atomic mass is 35.5. The molecule has 0 fully saturated rings. The Kier molecular flexibility index (Phi) is 4.20. The Labute approximate surface area is 119 Å². The normalized spacial score (nSPS) is 10.3. The van der Waals surface area contributed by atoms with Crippen molar-refractivity contribution in [3.05, 3.63) is 68.5 Å². The minimum Gasteiger partial charge on any atom is -0.486 e. The maximum absolute atomic E-state index is 13.7. The lowest BCUT2D eigenvalue weighted by atomic mass is 10.2. The summed E-state index contributed by atoms with van der Waals surface area (Å²) in [7, 11) is 0. The van der Waals surface area contributed by atoms with E-state index in [2.05, 4.69) is 0 Å². The maximum atomic E-state index is 13.7. The molecular weight excluding hydrogens is 285 g/mol. The molecule has 0 spiro atoms. The summed E-state index contributed by atoms with van der Waals surface area (Å²) in [5.41, 5.74) is 0.638. The molecule has 0 aliphatic rings. The van der Waals surface area contributed by atoms with Gasteiger partial charge in [0.2, 0.25) is 0 Å². The summed E-state index contributed by atoms with van der Waals surface area (Å²) >= 11 is 5.72. The molecule has 2 aromatic rings. The zero-order valence-electron chi connectivity index (χ0n) is 10.6. The van der Waals surface area contributed by atoms with E-state index in [9.17, 15) is 14.5 Å². The monoisotopic (exact) mass is 295 g/mol. The predicted molar refractivity (Wildman–Crippen MR) is 73.6 cm³/mol. The minimum absolute atomic E-state index is 0.0641. The van der Waals surface area contributed by atoms with E-state index in [1.807, 2.05) is 0 Å². The number of benzene rings is 2. The van der Waals surface area contributed by atoms with E-state index in [-0.39, 0.29) is 23.1 Å². The van der Waals surface area contributed by atoms with Gasteiger partial charge < -0.3 is 4.74 Å². The number of hydrogen-bond donors (Lipinski definition) is 0. The highest BCUT2D eigenvalue weighted by Crippen LogP contribution is 2.26. The van der Waals surface area contributed by atoms with Crippen molar-refractivity contribution >= 4 is 17.3 Å². The zero-order chi connectivity index (χ0) is 14.7. The second kappa shape index (κ2) is 5.88. The molecule has 0 radical (unpaired) electrons. The highest BCUT2D eigenvalue weighted by Gasteiger charge is 2.15. The van der Waals surface area contributed by atoms with E-state index in [4.69, 9.17) is 16.3 Å². The molecule has 20 heavy (non-hydrogen) atoms. The molecular formula is C14H11ClFNO3. The van der Waals surface area contributed by atoms with Gasteiger partial charge in [0, 0.05) is 11.1 Å². The molecule has 0 saturated heterocycles. The van der Waals surface area contributed by atoms with Crippen molar-refractivity contribution in [2.45, 2.75) is 13.5 Å². The number of nitro benzene ring substituents is 1. The third-order valence-corrected chi connectivity index (χ3v) is 3.02. The number of aryl methyl sites for hydroxylation is 1. The molecule has 0 aromatic heterocycles. The Bertz CT molecular complexity index is 661. The summed E-state index contributed by atoms with van der Waals surface area (Å²) < 4.78 is 19.1. The van der Waals surface area contributed by atoms with Crippen LogP contribution in [0.4, 0.5) is 10.1 Å². The van der Waals surface area contributed by atoms with Crippen LogP contribution in [0.15, 0.2) is 36.4 Å². The number of hydrogen-bond acceptors (Lipinski definition) is 3. The second-order valence-corrected chi connectivity index (χ2v) is 4.64. The molecule has 0 bridgehead atoms. The lowest BCUT2D eigenvalue weighted by Crippen LogP contribution is -2.02. The third-order valence-electron chi connectivity index (χ3n) is 2.78. The topological polar surface area (TPSA) is 52.4 Å². The number of ether oxygens (including phenoxy) is 1. The SMILES string of the molecule is Cc1cccc(OCc2ccc(Cl)cc2[N+](=O)[O-])c1F. The van der Waals surface area contributed by atoms with Gasteiger partial charge in [-0.25, -0.2) is 4.39 Å². The average Bonchev–Trinajstić information content (AvgIpc) is 2.41. The van der Waals surface area contributed by atoms with Crippen LogP contribution in [-0.4, -0.2) is 4.92 Å². The first-order chi connectivity index (χ1) is 9.49. The average molecular weight is 296 g/mol. The van der Waals surface area contributed by atoms with Crippen LogP contribution in [0.3, 0.4) is 0 Å². The van der Waals surface area contributed by atoms with E-state index in [1.54, 1.807) is 19.1 Å². The summed E-state index contributed by atoms with van der Waals surface area (Å²) in [6.45, 7) is 1.51. The van der Waals surface area contributed by atoms with Crippen LogP contribution >= 0.6 is 11.6 Å². The molecule has 0 amide bonds. The molecule has 0 heterocycles. The molecule has 0 N–H and O–H groups in total. The number of nitrogens with zero attached hydrogens (tertiary/aromatic N) is 1. The number of halogens is 2. The van der Waals surface area contributed by atoms with Crippen LogP contribution in [0.25, 0.3) is 0 Å². The highest BCUT2D eigenvalue weighted by molar-refractivity contribution is 6.30. The van der Waals surface area contributed by atoms with E-state index in [1.165, 1.54) is 24.3 Å². The van der Waals surface area contributed by atoms with Gasteiger partial charge in [-0.1, -0.05) is 23.7 Å². The van der Waals surface area contributed by atoms with Gasteiger partial charge in [-0.05, 0) is 30.7 Å². The fourth-order valence-electron chi connectivity index (χ4n) is 1.72. The third kappa shape index (κ3) is 3.05. The Morgan fingerprint density at radius 2 is 2.10 bits per heavy atom. The van der Waals surface area contributed by atoms with Crippen molar-refractivity contribution in [2.75, 3.05) is 0 Å². The van der Waals surface area contributed by atoms with Crippen molar-refractivity contribution in [3.8, 4) is 5.75 Å². The molecule has 0 aliphatic carbocycles. The first-order valence-corrected chi connectivity index (χ1v) is 6.17. The first kappa shape index (κ1) is 14.3. The van der Waals surface area contributed by atoms with Crippen molar-refractivity contribution in [2.24, 2.45) is 0 Å². The quantitative estimate of drug-likeness (QED) is 0.625. The van der Waals surface area contributed by atoms with E-state index >= 15 is 0 Å². The zero-order valence-corrected chi connectivity index (χ0v) is 11.4. The maximum Gasteiger partial charge on any atom is 0.277 e. The second-order valence-electron chi connectivity index (χ2n) is 4.21. The van der Waals surface area contributed by atoms with E-state index in [0.717, 1.165) is 0 Å². The number of nitro groups is 1. The van der Waals surface area contributed by atoms with Crippen LogP contribution in [0.1, 0.15) is 11.1 Å². The van der Waals surface area contributed by atoms with Crippen LogP contribution in [-0.2, 0) is 6.61 Å². The van der Waals surface area contributed by atoms with Crippen LogP contribution < -0.4 is 4.74 Å². The van der Waals surface area contributed by atoms with Crippen molar-refractivity contribution < 1.29 is 14.1 Å². The standard InChI is InChI=1S/C14H11ClFNO3/c1-9-3-2-4-13(14(9)16)20-8-10-5-6-11(15)7-12(10)17(18)19/h2-7H,8H2,1H3. The van der Waals surface area contributed by atoms with Gasteiger partial charge in [0.1, 0.15) is 6.61 Å². The summed E-state index contributed by atoms with van der Waals surface area (Å²) in [5.74, 6) is -0.404. The molecule has 2 rings (SSSR count). The van der Waals surface area contributed by atoms with Gasteiger partial charge in [0.15, 0.2) is 11.6 Å².